The highest BCUT2D eigenvalue weighted by atomic mass is 35.5. The second-order valence-electron chi connectivity index (χ2n) is 7.73. The van der Waals surface area contributed by atoms with E-state index >= 15 is 0 Å². The van der Waals surface area contributed by atoms with E-state index < -0.39 is 11.7 Å². The summed E-state index contributed by atoms with van der Waals surface area (Å²) in [4.78, 5) is 4.22. The molecule has 0 aliphatic heterocycles. The van der Waals surface area contributed by atoms with E-state index in [0.717, 1.165) is 29.0 Å². The Kier molecular flexibility index (Phi) is 7.08. The van der Waals surface area contributed by atoms with Crippen LogP contribution in [0.3, 0.4) is 0 Å². The van der Waals surface area contributed by atoms with Gasteiger partial charge in [0.15, 0.2) is 0 Å². The number of hydrogen-bond donors (Lipinski definition) is 1. The van der Waals surface area contributed by atoms with Gasteiger partial charge in [-0.2, -0.15) is 13.2 Å². The molecule has 0 aliphatic rings. The van der Waals surface area contributed by atoms with Crippen molar-refractivity contribution in [2.45, 2.75) is 19.6 Å². The minimum atomic E-state index is -4.52. The second-order valence-corrected chi connectivity index (χ2v) is 8.98. The van der Waals surface area contributed by atoms with Gasteiger partial charge in [-0.25, -0.2) is 0 Å². The fourth-order valence-corrected chi connectivity index (χ4v) is 4.25. The number of aromatic nitrogens is 1. The van der Waals surface area contributed by atoms with Crippen molar-refractivity contribution in [2.75, 3.05) is 5.32 Å². The molecule has 0 fully saturated rings. The fraction of sp³-hybridized carbons (Fsp3) is 0.115. The molecular formula is C26H18Cl3F3N2. The van der Waals surface area contributed by atoms with Gasteiger partial charge >= 0.3 is 6.18 Å². The number of aryl methyl sites for hydroxylation is 1. The van der Waals surface area contributed by atoms with E-state index in [0.29, 0.717) is 32.4 Å². The molecule has 0 atom stereocenters. The quantitative estimate of drug-likeness (QED) is 0.283. The summed E-state index contributed by atoms with van der Waals surface area (Å²) in [7, 11) is 0. The maximum absolute atomic E-state index is 13.4. The molecule has 1 aromatic heterocycles. The Hall–Kier alpha value is -2.73. The Morgan fingerprint density at radius 1 is 0.794 bits per heavy atom. The summed E-state index contributed by atoms with van der Waals surface area (Å²) in [5.41, 5.74) is 3.84. The average Bonchev–Trinajstić information content (AvgIpc) is 2.78. The summed E-state index contributed by atoms with van der Waals surface area (Å²) in [5, 5.41) is 4.39. The molecular weight excluding hydrogens is 504 g/mol. The molecule has 0 bridgehead atoms. The molecule has 2 nitrogen and oxygen atoms in total. The first-order valence-corrected chi connectivity index (χ1v) is 11.4. The molecule has 0 radical (unpaired) electrons. The highest BCUT2D eigenvalue weighted by Gasteiger charge is 2.32. The maximum atomic E-state index is 13.4. The largest absolute Gasteiger partial charge is 0.416 e. The number of nitrogens with zero attached hydrogens (tertiary/aromatic N) is 1. The lowest BCUT2D eigenvalue weighted by Gasteiger charge is -2.17. The smallest absolute Gasteiger partial charge is 0.381 e. The zero-order chi connectivity index (χ0) is 24.5. The zero-order valence-electron chi connectivity index (χ0n) is 17.9. The van der Waals surface area contributed by atoms with Crippen LogP contribution in [0.15, 0.2) is 72.9 Å². The molecule has 34 heavy (non-hydrogen) atoms. The first-order valence-electron chi connectivity index (χ1n) is 10.2. The van der Waals surface area contributed by atoms with Crippen molar-refractivity contribution in [2.24, 2.45) is 0 Å². The molecule has 0 amide bonds. The van der Waals surface area contributed by atoms with Crippen LogP contribution in [0.25, 0.3) is 22.3 Å². The van der Waals surface area contributed by atoms with Crippen LogP contribution in [0.4, 0.5) is 18.9 Å². The molecule has 4 rings (SSSR count). The van der Waals surface area contributed by atoms with E-state index in [1.165, 1.54) is 0 Å². The first-order chi connectivity index (χ1) is 16.1. The van der Waals surface area contributed by atoms with Gasteiger partial charge in [0.1, 0.15) is 0 Å². The monoisotopic (exact) mass is 520 g/mol. The number of hydrogen-bond acceptors (Lipinski definition) is 2. The van der Waals surface area contributed by atoms with Gasteiger partial charge in [-0.3, -0.25) is 4.98 Å². The SMILES string of the molecule is Cc1ccc(-c2cc(C(F)(F)F)cc(Cl)c2CNc2ccc(-c3ccc(Cl)cc3)c(Cl)c2)cn1. The third-order valence-corrected chi connectivity index (χ3v) is 6.24. The van der Waals surface area contributed by atoms with Crippen LogP contribution in [-0.2, 0) is 12.7 Å². The Morgan fingerprint density at radius 2 is 1.50 bits per heavy atom. The maximum Gasteiger partial charge on any atom is 0.416 e. The van der Waals surface area contributed by atoms with Crippen molar-refractivity contribution in [3.63, 3.8) is 0 Å². The highest BCUT2D eigenvalue weighted by Crippen LogP contribution is 2.38. The Bertz CT molecular complexity index is 1320. The number of alkyl halides is 3. The normalized spacial score (nSPS) is 11.5. The Labute approximate surface area is 210 Å². The van der Waals surface area contributed by atoms with E-state index in [1.54, 1.807) is 36.5 Å². The van der Waals surface area contributed by atoms with E-state index in [-0.39, 0.29) is 11.6 Å². The van der Waals surface area contributed by atoms with Crippen LogP contribution in [0.5, 0.6) is 0 Å². The van der Waals surface area contributed by atoms with Gasteiger partial charge in [0.2, 0.25) is 0 Å². The van der Waals surface area contributed by atoms with E-state index in [4.69, 9.17) is 34.8 Å². The van der Waals surface area contributed by atoms with E-state index in [2.05, 4.69) is 10.3 Å². The number of pyridine rings is 1. The molecule has 0 aliphatic carbocycles. The topological polar surface area (TPSA) is 24.9 Å². The first kappa shape index (κ1) is 24.4. The van der Waals surface area contributed by atoms with E-state index in [9.17, 15) is 13.2 Å². The Balaban J connectivity index is 1.65. The highest BCUT2D eigenvalue weighted by molar-refractivity contribution is 6.34. The number of halogens is 6. The van der Waals surface area contributed by atoms with Crippen LogP contribution in [-0.4, -0.2) is 4.98 Å². The lowest BCUT2D eigenvalue weighted by molar-refractivity contribution is -0.137. The molecule has 0 spiro atoms. The lowest BCUT2D eigenvalue weighted by Crippen LogP contribution is -2.08. The van der Waals surface area contributed by atoms with Crippen LogP contribution in [0.1, 0.15) is 16.8 Å². The minimum absolute atomic E-state index is 0.0155. The summed E-state index contributed by atoms with van der Waals surface area (Å²) in [5.74, 6) is 0. The van der Waals surface area contributed by atoms with Gasteiger partial charge < -0.3 is 5.32 Å². The molecule has 0 unspecified atom stereocenters. The van der Waals surface area contributed by atoms with Crippen molar-refractivity contribution < 1.29 is 13.2 Å². The molecule has 8 heteroatoms. The van der Waals surface area contributed by atoms with Crippen molar-refractivity contribution in [3.05, 3.63) is 105 Å². The standard InChI is InChI=1S/C26H18Cl3F3N2/c1-15-2-3-17(13-33-15)22-10-18(26(30,31)32)11-24(28)23(22)14-34-20-8-9-21(25(29)12-20)16-4-6-19(27)7-5-16/h2-13,34H,14H2,1H3. The molecule has 1 N–H and O–H groups in total. The van der Waals surface area contributed by atoms with Gasteiger partial charge in [-0.05, 0) is 66.1 Å². The van der Waals surface area contributed by atoms with Crippen molar-refractivity contribution >= 4 is 40.5 Å². The van der Waals surface area contributed by atoms with Gasteiger partial charge in [-0.1, -0.05) is 59.1 Å². The summed E-state index contributed by atoms with van der Waals surface area (Å²) in [6, 6.07) is 18.3. The van der Waals surface area contributed by atoms with E-state index in [1.807, 2.05) is 31.2 Å². The lowest BCUT2D eigenvalue weighted by atomic mass is 9.97. The number of rotatable bonds is 5. The van der Waals surface area contributed by atoms with Gasteiger partial charge in [0.05, 0.1) is 10.6 Å². The molecule has 3 aromatic carbocycles. The van der Waals surface area contributed by atoms with Crippen LogP contribution < -0.4 is 5.32 Å². The number of anilines is 1. The molecule has 4 aromatic rings. The Morgan fingerprint density at radius 3 is 2.12 bits per heavy atom. The average molecular weight is 522 g/mol. The van der Waals surface area contributed by atoms with Crippen molar-refractivity contribution in [1.29, 1.82) is 0 Å². The number of benzene rings is 3. The summed E-state index contributed by atoms with van der Waals surface area (Å²) in [6.45, 7) is 2.00. The van der Waals surface area contributed by atoms with Crippen molar-refractivity contribution in [3.8, 4) is 22.3 Å². The van der Waals surface area contributed by atoms with Gasteiger partial charge in [0, 0.05) is 45.3 Å². The fourth-order valence-electron chi connectivity index (χ4n) is 3.54. The van der Waals surface area contributed by atoms with Crippen LogP contribution >= 0.6 is 34.8 Å². The predicted molar refractivity (Wildman–Crippen MR) is 134 cm³/mol. The van der Waals surface area contributed by atoms with Crippen LogP contribution in [0.2, 0.25) is 15.1 Å². The summed E-state index contributed by atoms with van der Waals surface area (Å²) < 4.78 is 40.3. The second kappa shape index (κ2) is 9.87. The summed E-state index contributed by atoms with van der Waals surface area (Å²) >= 11 is 18.8. The van der Waals surface area contributed by atoms with Crippen LogP contribution in [0, 0.1) is 6.92 Å². The molecule has 0 saturated carbocycles. The molecule has 1 heterocycles. The minimum Gasteiger partial charge on any atom is -0.381 e. The predicted octanol–water partition coefficient (Wildman–Crippen LogP) is 9.32. The number of nitrogens with one attached hydrogen (secondary N) is 1. The third-order valence-electron chi connectivity index (χ3n) is 5.34. The molecule has 174 valence electrons. The van der Waals surface area contributed by atoms with Crippen molar-refractivity contribution in [1.82, 2.24) is 4.98 Å². The van der Waals surface area contributed by atoms with Gasteiger partial charge in [-0.15, -0.1) is 0 Å². The summed E-state index contributed by atoms with van der Waals surface area (Å²) in [6.07, 6.45) is -2.98. The zero-order valence-corrected chi connectivity index (χ0v) is 20.1. The third kappa shape index (κ3) is 5.49. The molecule has 0 saturated heterocycles. The van der Waals surface area contributed by atoms with Gasteiger partial charge in [0.25, 0.3) is 0 Å².